The summed E-state index contributed by atoms with van der Waals surface area (Å²) in [6.07, 6.45) is -6.52. The highest BCUT2D eigenvalue weighted by molar-refractivity contribution is 9.11. The maximum Gasteiger partial charge on any atom is 0.460 e. The van der Waals surface area contributed by atoms with E-state index in [0.717, 1.165) is 18.2 Å². The molecule has 2 rings (SSSR count). The predicted molar refractivity (Wildman–Crippen MR) is 112 cm³/mol. The number of benzene rings is 2. The third-order valence-corrected chi connectivity index (χ3v) is 7.35. The molecule has 0 atom stereocenters. The lowest BCUT2D eigenvalue weighted by Crippen LogP contribution is -2.50. The zero-order valence-electron chi connectivity index (χ0n) is 14.7. The number of thioether (sulfide) groups is 1. The first-order valence-electron chi connectivity index (χ1n) is 7.74. The Morgan fingerprint density at radius 2 is 1.59 bits per heavy atom. The van der Waals surface area contributed by atoms with E-state index in [1.165, 1.54) is 12.1 Å². The van der Waals surface area contributed by atoms with E-state index in [1.54, 1.807) is 0 Å². The van der Waals surface area contributed by atoms with Crippen molar-refractivity contribution in [2.45, 2.75) is 22.2 Å². The highest BCUT2D eigenvalue weighted by Crippen LogP contribution is 2.57. The normalized spacial score (nSPS) is 12.6. The van der Waals surface area contributed by atoms with Crippen molar-refractivity contribution in [3.8, 4) is 0 Å². The van der Waals surface area contributed by atoms with Crippen molar-refractivity contribution < 1.29 is 40.5 Å². The zero-order chi connectivity index (χ0) is 24.6. The van der Waals surface area contributed by atoms with Crippen molar-refractivity contribution in [1.82, 2.24) is 0 Å². The molecule has 0 aliphatic carbocycles. The van der Waals surface area contributed by atoms with Gasteiger partial charge >= 0.3 is 17.4 Å². The number of hydrogen-bond acceptors (Lipinski definition) is 4. The number of amides is 1. The number of non-ortho nitro benzene ring substituents is 1. The van der Waals surface area contributed by atoms with Crippen LogP contribution < -0.4 is 5.32 Å². The van der Waals surface area contributed by atoms with Crippen LogP contribution in [0.15, 0.2) is 48.6 Å². The summed E-state index contributed by atoms with van der Waals surface area (Å²) in [5, 5.41) is 7.48. The molecule has 0 bridgehead atoms. The lowest BCUT2D eigenvalue weighted by atomic mass is 10.2. The van der Waals surface area contributed by atoms with Gasteiger partial charge in [0, 0.05) is 31.5 Å². The van der Waals surface area contributed by atoms with Crippen molar-refractivity contribution in [1.29, 1.82) is 0 Å². The molecule has 0 saturated heterocycles. The SMILES string of the molecule is O=C(Nc1c(Br)cc(Br)c(SC(F)(F)C(F)(F)C(F)(F)F)c1Br)c1cccc([N+](=O)[O-])c1. The molecule has 0 spiro atoms. The first-order chi connectivity index (χ1) is 14.5. The van der Waals surface area contributed by atoms with Crippen LogP contribution in [0.1, 0.15) is 10.4 Å². The van der Waals surface area contributed by atoms with E-state index in [-0.39, 0.29) is 20.2 Å². The Balaban J connectivity index is 2.46. The maximum atomic E-state index is 13.9. The third-order valence-electron chi connectivity index (χ3n) is 3.64. The van der Waals surface area contributed by atoms with Crippen LogP contribution in [-0.2, 0) is 0 Å². The molecule has 5 nitrogen and oxygen atoms in total. The smallest absolute Gasteiger partial charge is 0.320 e. The van der Waals surface area contributed by atoms with Gasteiger partial charge in [-0.2, -0.15) is 30.7 Å². The van der Waals surface area contributed by atoms with Gasteiger partial charge in [-0.3, -0.25) is 14.9 Å². The Morgan fingerprint density at radius 3 is 2.12 bits per heavy atom. The second kappa shape index (κ2) is 9.46. The van der Waals surface area contributed by atoms with Crippen LogP contribution in [0.3, 0.4) is 0 Å². The Labute approximate surface area is 203 Å². The molecule has 0 aliphatic heterocycles. The molecule has 16 heteroatoms. The monoisotopic (exact) mass is 676 g/mol. The number of carbonyl (C=O) groups is 1. The number of rotatable bonds is 6. The maximum absolute atomic E-state index is 13.9. The lowest BCUT2D eigenvalue weighted by molar-refractivity contribution is -0.384. The van der Waals surface area contributed by atoms with Crippen molar-refractivity contribution in [2.24, 2.45) is 0 Å². The van der Waals surface area contributed by atoms with Crippen molar-refractivity contribution in [3.63, 3.8) is 0 Å². The average Bonchev–Trinajstić information content (AvgIpc) is 2.67. The Kier molecular flexibility index (Phi) is 7.94. The summed E-state index contributed by atoms with van der Waals surface area (Å²) < 4.78 is 91.1. The second-order valence-electron chi connectivity index (χ2n) is 5.81. The number of anilines is 1. The van der Waals surface area contributed by atoms with Gasteiger partial charge in [-0.05, 0) is 71.7 Å². The van der Waals surface area contributed by atoms with E-state index < -0.39 is 55.0 Å². The average molecular weight is 679 g/mol. The summed E-state index contributed by atoms with van der Waals surface area (Å²) in [7, 11) is 0. The molecular formula is C16H6Br3F7N2O3S. The van der Waals surface area contributed by atoms with Crippen molar-refractivity contribution in [3.05, 3.63) is 59.4 Å². The van der Waals surface area contributed by atoms with Gasteiger partial charge in [-0.15, -0.1) is 0 Å². The van der Waals surface area contributed by atoms with Crippen LogP contribution in [-0.4, -0.2) is 28.2 Å². The summed E-state index contributed by atoms with van der Waals surface area (Å²) in [5.41, 5.74) is -0.917. The van der Waals surface area contributed by atoms with Gasteiger partial charge in [0.1, 0.15) is 0 Å². The molecule has 0 saturated carbocycles. The third kappa shape index (κ3) is 5.39. The number of nitro groups is 1. The Morgan fingerprint density at radius 1 is 1.00 bits per heavy atom. The summed E-state index contributed by atoms with van der Waals surface area (Å²) in [6, 6.07) is 5.48. The molecular weight excluding hydrogens is 673 g/mol. The fourth-order valence-corrected chi connectivity index (χ4v) is 5.74. The van der Waals surface area contributed by atoms with E-state index in [0.29, 0.717) is 0 Å². The van der Waals surface area contributed by atoms with Gasteiger partial charge in [0.15, 0.2) is 0 Å². The summed E-state index contributed by atoms with van der Waals surface area (Å²) >= 11 is 7.58. The topological polar surface area (TPSA) is 72.2 Å². The fourth-order valence-electron chi connectivity index (χ4n) is 2.08. The van der Waals surface area contributed by atoms with E-state index in [1.807, 2.05) is 0 Å². The quantitative estimate of drug-likeness (QED) is 0.145. The van der Waals surface area contributed by atoms with E-state index >= 15 is 0 Å². The van der Waals surface area contributed by atoms with Crippen LogP contribution in [0, 0.1) is 10.1 Å². The highest BCUT2D eigenvalue weighted by Gasteiger charge is 2.73. The first-order valence-corrected chi connectivity index (χ1v) is 10.9. The number of nitrogens with one attached hydrogen (secondary N) is 1. The Hall–Kier alpha value is -1.39. The second-order valence-corrected chi connectivity index (χ2v) is 9.44. The van der Waals surface area contributed by atoms with Gasteiger partial charge < -0.3 is 5.32 Å². The number of alkyl halides is 7. The lowest BCUT2D eigenvalue weighted by Gasteiger charge is -2.28. The molecule has 2 aromatic rings. The molecule has 0 aromatic heterocycles. The van der Waals surface area contributed by atoms with Crippen LogP contribution in [0.4, 0.5) is 42.1 Å². The van der Waals surface area contributed by atoms with E-state index in [9.17, 15) is 45.6 Å². The minimum atomic E-state index is -6.52. The van der Waals surface area contributed by atoms with E-state index in [2.05, 4.69) is 53.1 Å². The van der Waals surface area contributed by atoms with Gasteiger partial charge in [-0.1, -0.05) is 6.07 Å². The van der Waals surface area contributed by atoms with Gasteiger partial charge in [0.25, 0.3) is 11.6 Å². The molecule has 0 heterocycles. The van der Waals surface area contributed by atoms with Crippen LogP contribution in [0.2, 0.25) is 0 Å². The molecule has 0 fully saturated rings. The molecule has 0 radical (unpaired) electrons. The zero-order valence-corrected chi connectivity index (χ0v) is 20.3. The van der Waals surface area contributed by atoms with Gasteiger partial charge in [-0.25, -0.2) is 0 Å². The highest BCUT2D eigenvalue weighted by atomic mass is 79.9. The first kappa shape index (κ1) is 26.9. The summed E-state index contributed by atoms with van der Waals surface area (Å²) in [5.74, 6) is -7.30. The van der Waals surface area contributed by atoms with Crippen LogP contribution in [0.5, 0.6) is 0 Å². The molecule has 1 amide bonds. The predicted octanol–water partition coefficient (Wildman–Crippen LogP) is 8.02. The molecule has 2 aromatic carbocycles. The van der Waals surface area contributed by atoms with Crippen LogP contribution >= 0.6 is 59.6 Å². The van der Waals surface area contributed by atoms with E-state index in [4.69, 9.17) is 0 Å². The minimum Gasteiger partial charge on any atom is -0.320 e. The molecule has 32 heavy (non-hydrogen) atoms. The summed E-state index contributed by atoms with van der Waals surface area (Å²) in [4.78, 5) is 21.8. The number of nitro benzene ring substituents is 1. The number of hydrogen-bond donors (Lipinski definition) is 1. The molecule has 0 aliphatic rings. The fraction of sp³-hybridized carbons (Fsp3) is 0.188. The number of halogens is 10. The summed E-state index contributed by atoms with van der Waals surface area (Å²) in [6.45, 7) is 0. The standard InChI is InChI=1S/C16H6Br3F7N2O3S/c17-8-5-9(18)12(32-16(25,26)14(20,21)15(22,23)24)10(19)11(8)27-13(29)6-2-1-3-7(4-6)28(30)31/h1-5H,(H,27,29). The van der Waals surface area contributed by atoms with Gasteiger partial charge in [0.05, 0.1) is 15.1 Å². The molecule has 1 N–H and O–H groups in total. The number of nitrogens with zero attached hydrogens (tertiary/aromatic N) is 1. The largest absolute Gasteiger partial charge is 0.460 e. The Bertz CT molecular complexity index is 1080. The van der Waals surface area contributed by atoms with Crippen LogP contribution in [0.25, 0.3) is 0 Å². The van der Waals surface area contributed by atoms with Crippen molar-refractivity contribution in [2.75, 3.05) is 5.32 Å². The number of carbonyl (C=O) groups excluding carboxylic acids is 1. The van der Waals surface area contributed by atoms with Crippen molar-refractivity contribution >= 4 is 76.8 Å². The molecule has 0 unspecified atom stereocenters. The molecule has 174 valence electrons. The van der Waals surface area contributed by atoms with Gasteiger partial charge in [0.2, 0.25) is 0 Å². The minimum absolute atomic E-state index is 0.0327.